The predicted molar refractivity (Wildman–Crippen MR) is 94.7 cm³/mol. The van der Waals surface area contributed by atoms with Crippen LogP contribution >= 0.6 is 63.7 Å². The highest BCUT2D eigenvalue weighted by atomic mass is 79.9. The minimum Gasteiger partial charge on any atom is -0.327 e. The van der Waals surface area contributed by atoms with Crippen molar-refractivity contribution in [3.63, 3.8) is 0 Å². The molecule has 0 bridgehead atoms. The van der Waals surface area contributed by atoms with Crippen LogP contribution in [0.25, 0.3) is 11.0 Å². The highest BCUT2D eigenvalue weighted by Crippen LogP contribution is 2.43. The Morgan fingerprint density at radius 3 is 2.35 bits per heavy atom. The Morgan fingerprint density at radius 1 is 1.05 bits per heavy atom. The van der Waals surface area contributed by atoms with Gasteiger partial charge in [0.15, 0.2) is 0 Å². The van der Waals surface area contributed by atoms with Gasteiger partial charge in [-0.2, -0.15) is 5.26 Å². The number of unbranched alkanes of at least 4 members (excludes halogenated alkanes) is 2. The highest BCUT2D eigenvalue weighted by Gasteiger charge is 2.19. The average Bonchev–Trinajstić information content (AvgIpc) is 2.76. The van der Waals surface area contributed by atoms with E-state index in [1.807, 2.05) is 6.92 Å². The quantitative estimate of drug-likeness (QED) is 0.274. The zero-order valence-electron chi connectivity index (χ0n) is 10.7. The number of hydrogen-bond donors (Lipinski definition) is 0. The minimum absolute atomic E-state index is 0.603. The van der Waals surface area contributed by atoms with Crippen molar-refractivity contribution in [3.8, 4) is 6.07 Å². The van der Waals surface area contributed by atoms with Crippen LogP contribution in [0, 0.1) is 18.3 Å². The lowest BCUT2D eigenvalue weighted by atomic mass is 10.2. The molecule has 1 heterocycles. The van der Waals surface area contributed by atoms with Crippen LogP contribution in [0.1, 0.15) is 25.1 Å². The van der Waals surface area contributed by atoms with Crippen LogP contribution in [0.5, 0.6) is 0 Å². The molecule has 0 amide bonds. The maximum atomic E-state index is 8.60. The molecule has 2 aromatic rings. The molecule has 0 aliphatic carbocycles. The molecule has 1 aromatic carbocycles. The van der Waals surface area contributed by atoms with Gasteiger partial charge in [0.2, 0.25) is 0 Å². The van der Waals surface area contributed by atoms with Gasteiger partial charge in [-0.05, 0) is 83.5 Å². The Bertz CT molecular complexity index is 700. The standard InChI is InChI=1S/C13H11Br4N3/c1-7-19-12-10(16)8(14)9(15)11(17)13(12)20(7)6-4-2-3-5-18/h2-4,6H2,1H3. The summed E-state index contributed by atoms with van der Waals surface area (Å²) in [7, 11) is 0. The number of fused-ring (bicyclic) bond motifs is 1. The lowest BCUT2D eigenvalue weighted by Gasteiger charge is -2.10. The summed E-state index contributed by atoms with van der Waals surface area (Å²) in [6, 6.07) is 2.18. The smallest absolute Gasteiger partial charge is 0.106 e. The molecule has 3 nitrogen and oxygen atoms in total. The summed E-state index contributed by atoms with van der Waals surface area (Å²) < 4.78 is 6.05. The van der Waals surface area contributed by atoms with Crippen molar-refractivity contribution in [2.75, 3.05) is 0 Å². The van der Waals surface area contributed by atoms with Crippen molar-refractivity contribution in [1.29, 1.82) is 5.26 Å². The van der Waals surface area contributed by atoms with Crippen LogP contribution in [0.4, 0.5) is 0 Å². The lowest BCUT2D eigenvalue weighted by Crippen LogP contribution is -2.01. The van der Waals surface area contributed by atoms with Crippen LogP contribution in [0.2, 0.25) is 0 Å². The van der Waals surface area contributed by atoms with Crippen molar-refractivity contribution >= 4 is 74.8 Å². The first-order valence-corrected chi connectivity index (χ1v) is 9.22. The molecule has 0 N–H and O–H groups in total. The second-order valence-electron chi connectivity index (χ2n) is 4.38. The molecule has 0 saturated heterocycles. The Labute approximate surface area is 151 Å². The van der Waals surface area contributed by atoms with E-state index in [9.17, 15) is 0 Å². The van der Waals surface area contributed by atoms with Gasteiger partial charge >= 0.3 is 0 Å². The van der Waals surface area contributed by atoms with E-state index in [2.05, 4.69) is 79.3 Å². The molecule has 0 aliphatic heterocycles. The molecule has 0 fully saturated rings. The Kier molecular flexibility index (Phi) is 5.69. The topological polar surface area (TPSA) is 41.6 Å². The molecule has 0 saturated carbocycles. The zero-order chi connectivity index (χ0) is 14.9. The number of nitrogens with zero attached hydrogens (tertiary/aromatic N) is 3. The number of benzene rings is 1. The van der Waals surface area contributed by atoms with Crippen LogP contribution in [-0.2, 0) is 6.54 Å². The third-order valence-electron chi connectivity index (χ3n) is 3.07. The monoisotopic (exact) mass is 525 g/mol. The van der Waals surface area contributed by atoms with Gasteiger partial charge < -0.3 is 4.57 Å². The van der Waals surface area contributed by atoms with Crippen molar-refractivity contribution in [2.45, 2.75) is 32.7 Å². The molecule has 0 spiro atoms. The Balaban J connectivity index is 2.50. The van der Waals surface area contributed by atoms with Crippen LogP contribution in [0.15, 0.2) is 17.9 Å². The van der Waals surface area contributed by atoms with E-state index < -0.39 is 0 Å². The van der Waals surface area contributed by atoms with Gasteiger partial charge in [-0.1, -0.05) is 0 Å². The number of imidazole rings is 1. The molecule has 0 unspecified atom stereocenters. The zero-order valence-corrected chi connectivity index (χ0v) is 17.0. The number of aromatic nitrogens is 2. The van der Waals surface area contributed by atoms with E-state index >= 15 is 0 Å². The SMILES string of the molecule is Cc1nc2c(Br)c(Br)c(Br)c(Br)c2n1CCCCC#N. The number of aryl methyl sites for hydroxylation is 2. The van der Waals surface area contributed by atoms with Gasteiger partial charge in [-0.15, -0.1) is 0 Å². The average molecular weight is 529 g/mol. The van der Waals surface area contributed by atoms with E-state index in [1.165, 1.54) is 0 Å². The molecule has 0 atom stereocenters. The summed E-state index contributed by atoms with van der Waals surface area (Å²) in [5, 5.41) is 8.60. The van der Waals surface area contributed by atoms with E-state index in [1.54, 1.807) is 0 Å². The predicted octanol–water partition coefficient (Wildman–Crippen LogP) is 6.09. The summed E-state index contributed by atoms with van der Waals surface area (Å²) in [4.78, 5) is 4.64. The third-order valence-corrected chi connectivity index (χ3v) is 7.80. The fourth-order valence-corrected chi connectivity index (χ4v) is 4.47. The largest absolute Gasteiger partial charge is 0.327 e. The third kappa shape index (κ3) is 2.99. The molecular weight excluding hydrogens is 518 g/mol. The summed E-state index contributed by atoms with van der Waals surface area (Å²) in [6.07, 6.45) is 2.48. The number of nitriles is 1. The fourth-order valence-electron chi connectivity index (χ4n) is 2.09. The van der Waals surface area contributed by atoms with Gasteiger partial charge in [0, 0.05) is 21.9 Å². The second kappa shape index (κ2) is 6.91. The molecular formula is C13H11Br4N3. The maximum absolute atomic E-state index is 8.60. The van der Waals surface area contributed by atoms with Crippen molar-refractivity contribution in [3.05, 3.63) is 23.7 Å². The summed E-state index contributed by atoms with van der Waals surface area (Å²) in [6.45, 7) is 2.87. The number of halogens is 4. The first-order chi connectivity index (χ1) is 9.49. The van der Waals surface area contributed by atoms with Crippen LogP contribution in [0.3, 0.4) is 0 Å². The molecule has 0 aliphatic rings. The van der Waals surface area contributed by atoms with Gasteiger partial charge in [-0.25, -0.2) is 4.98 Å². The summed E-state index contributed by atoms with van der Waals surface area (Å²) in [5.41, 5.74) is 2.01. The van der Waals surface area contributed by atoms with Gasteiger partial charge in [0.1, 0.15) is 11.3 Å². The number of hydrogen-bond acceptors (Lipinski definition) is 2. The molecule has 20 heavy (non-hydrogen) atoms. The van der Waals surface area contributed by atoms with Crippen LogP contribution < -0.4 is 0 Å². The summed E-state index contributed by atoms with van der Waals surface area (Å²) in [5.74, 6) is 0.975. The second-order valence-corrected chi connectivity index (χ2v) is 7.55. The summed E-state index contributed by atoms with van der Waals surface area (Å²) >= 11 is 14.4. The normalized spacial score (nSPS) is 11.0. The van der Waals surface area contributed by atoms with Crippen molar-refractivity contribution in [1.82, 2.24) is 9.55 Å². The molecule has 7 heteroatoms. The van der Waals surface area contributed by atoms with E-state index in [4.69, 9.17) is 5.26 Å². The van der Waals surface area contributed by atoms with Crippen LogP contribution in [-0.4, -0.2) is 9.55 Å². The lowest BCUT2D eigenvalue weighted by molar-refractivity contribution is 0.615. The number of rotatable bonds is 4. The first-order valence-electron chi connectivity index (χ1n) is 6.04. The van der Waals surface area contributed by atoms with E-state index in [0.29, 0.717) is 6.42 Å². The fraction of sp³-hybridized carbons (Fsp3) is 0.385. The van der Waals surface area contributed by atoms with Crippen molar-refractivity contribution in [2.24, 2.45) is 0 Å². The van der Waals surface area contributed by atoms with E-state index in [-0.39, 0.29) is 0 Å². The van der Waals surface area contributed by atoms with Gasteiger partial charge in [0.25, 0.3) is 0 Å². The first kappa shape index (κ1) is 16.5. The Hall–Kier alpha value is 0.1000. The molecule has 0 radical (unpaired) electrons. The van der Waals surface area contributed by atoms with E-state index in [0.717, 1.165) is 54.1 Å². The van der Waals surface area contributed by atoms with Gasteiger partial charge in [-0.3, -0.25) is 0 Å². The molecule has 2 rings (SSSR count). The highest BCUT2D eigenvalue weighted by molar-refractivity contribution is 9.15. The van der Waals surface area contributed by atoms with Crippen molar-refractivity contribution < 1.29 is 0 Å². The van der Waals surface area contributed by atoms with Gasteiger partial charge in [0.05, 0.1) is 20.5 Å². The maximum Gasteiger partial charge on any atom is 0.106 e. The minimum atomic E-state index is 0.603. The molecule has 1 aromatic heterocycles. The Morgan fingerprint density at radius 2 is 1.70 bits per heavy atom. The molecule has 106 valence electrons.